The molecule has 0 saturated carbocycles. The molecular weight excluding hydrogens is 374 g/mol. The van der Waals surface area contributed by atoms with Crippen LogP contribution in [0.25, 0.3) is 16.0 Å². The quantitative estimate of drug-likeness (QED) is 0.381. The van der Waals surface area contributed by atoms with E-state index in [1.165, 1.54) is 41.2 Å². The summed E-state index contributed by atoms with van der Waals surface area (Å²) in [6, 6.07) is 5.92. The summed E-state index contributed by atoms with van der Waals surface area (Å²) < 4.78 is 14.7. The summed E-state index contributed by atoms with van der Waals surface area (Å²) in [7, 11) is 3.04. The van der Waals surface area contributed by atoms with Crippen LogP contribution in [-0.4, -0.2) is 31.2 Å². The molecule has 0 N–H and O–H groups in total. The molecule has 138 valence electrons. The van der Waals surface area contributed by atoms with Crippen LogP contribution in [0.3, 0.4) is 0 Å². The van der Waals surface area contributed by atoms with E-state index in [9.17, 15) is 14.9 Å². The van der Waals surface area contributed by atoms with Crippen molar-refractivity contribution in [2.75, 3.05) is 7.11 Å². The fourth-order valence-electron chi connectivity index (χ4n) is 2.78. The number of fused-ring (bicyclic) bond motifs is 3. The number of methoxy groups -OCH3 is 1. The van der Waals surface area contributed by atoms with Crippen LogP contribution in [0.5, 0.6) is 11.5 Å². The van der Waals surface area contributed by atoms with E-state index in [1.54, 1.807) is 11.4 Å². The summed E-state index contributed by atoms with van der Waals surface area (Å²) >= 11 is 1.35. The molecule has 0 aliphatic carbocycles. The molecule has 0 atom stereocenters. The first kappa shape index (κ1) is 17.0. The first-order valence-electron chi connectivity index (χ1n) is 7.76. The predicted molar refractivity (Wildman–Crippen MR) is 97.6 cm³/mol. The van der Waals surface area contributed by atoms with Crippen molar-refractivity contribution >= 4 is 33.0 Å². The molecule has 0 amide bonds. The Bertz CT molecular complexity index is 1240. The summed E-state index contributed by atoms with van der Waals surface area (Å²) in [4.78, 5) is 22.7. The maximum absolute atomic E-state index is 12.4. The first-order valence-corrected chi connectivity index (χ1v) is 8.64. The zero-order chi connectivity index (χ0) is 19.1. The molecule has 27 heavy (non-hydrogen) atoms. The standard InChI is InChI=1S/C16H13N5O5S/c1-19-15(22)14-10(5-6-27-14)20-13(17-18-16(19)20)8-26-11-4-3-9(21(23)24)7-12(11)25-2/h3-7H,8H2,1-2H3. The van der Waals surface area contributed by atoms with Gasteiger partial charge in [-0.3, -0.25) is 23.9 Å². The van der Waals surface area contributed by atoms with Gasteiger partial charge >= 0.3 is 0 Å². The Labute approximate surface area is 155 Å². The van der Waals surface area contributed by atoms with Crippen LogP contribution < -0.4 is 15.0 Å². The van der Waals surface area contributed by atoms with Gasteiger partial charge < -0.3 is 9.47 Å². The van der Waals surface area contributed by atoms with E-state index in [-0.39, 0.29) is 23.6 Å². The van der Waals surface area contributed by atoms with E-state index < -0.39 is 4.92 Å². The summed E-state index contributed by atoms with van der Waals surface area (Å²) in [5.74, 6) is 1.47. The molecule has 0 bridgehead atoms. The molecule has 0 radical (unpaired) electrons. The Hall–Kier alpha value is -3.47. The number of hydrogen-bond donors (Lipinski definition) is 0. The molecule has 4 aromatic rings. The van der Waals surface area contributed by atoms with Gasteiger partial charge in [0.25, 0.3) is 11.2 Å². The van der Waals surface area contributed by atoms with E-state index in [1.807, 2.05) is 11.4 Å². The Morgan fingerprint density at radius 2 is 2.07 bits per heavy atom. The maximum Gasteiger partial charge on any atom is 0.273 e. The second-order valence-corrected chi connectivity index (χ2v) is 6.55. The minimum Gasteiger partial charge on any atom is -0.493 e. The highest BCUT2D eigenvalue weighted by Gasteiger charge is 2.17. The highest BCUT2D eigenvalue weighted by Crippen LogP contribution is 2.31. The molecule has 0 unspecified atom stereocenters. The maximum atomic E-state index is 12.4. The topological polar surface area (TPSA) is 114 Å². The third kappa shape index (κ3) is 2.68. The number of thiophene rings is 1. The lowest BCUT2D eigenvalue weighted by Gasteiger charge is -2.10. The highest BCUT2D eigenvalue weighted by molar-refractivity contribution is 7.17. The van der Waals surface area contributed by atoms with Gasteiger partial charge in [-0.15, -0.1) is 21.5 Å². The zero-order valence-electron chi connectivity index (χ0n) is 14.3. The van der Waals surface area contributed by atoms with Gasteiger partial charge in [0.1, 0.15) is 11.3 Å². The molecule has 0 spiro atoms. The number of nitro groups is 1. The Balaban J connectivity index is 1.73. The highest BCUT2D eigenvalue weighted by atomic mass is 32.1. The predicted octanol–water partition coefficient (Wildman–Crippen LogP) is 2.14. The number of rotatable bonds is 5. The van der Waals surface area contributed by atoms with E-state index in [4.69, 9.17) is 9.47 Å². The number of aryl methyl sites for hydroxylation is 1. The van der Waals surface area contributed by atoms with E-state index in [2.05, 4.69) is 10.2 Å². The van der Waals surface area contributed by atoms with Crippen LogP contribution in [0.2, 0.25) is 0 Å². The number of nitro benzene ring substituents is 1. The molecule has 0 fully saturated rings. The van der Waals surface area contributed by atoms with Crippen LogP contribution in [0.15, 0.2) is 34.4 Å². The zero-order valence-corrected chi connectivity index (χ0v) is 15.1. The Morgan fingerprint density at radius 3 is 2.81 bits per heavy atom. The van der Waals surface area contributed by atoms with Crippen molar-refractivity contribution in [2.24, 2.45) is 7.05 Å². The van der Waals surface area contributed by atoms with Gasteiger partial charge in [0.2, 0.25) is 5.78 Å². The molecule has 3 heterocycles. The molecule has 3 aromatic heterocycles. The van der Waals surface area contributed by atoms with Crippen molar-refractivity contribution in [1.29, 1.82) is 0 Å². The smallest absolute Gasteiger partial charge is 0.273 e. The number of hydrogen-bond acceptors (Lipinski definition) is 8. The lowest BCUT2D eigenvalue weighted by Crippen LogP contribution is -2.19. The lowest BCUT2D eigenvalue weighted by molar-refractivity contribution is -0.385. The summed E-state index contributed by atoms with van der Waals surface area (Å²) in [5.41, 5.74) is 0.476. The van der Waals surface area contributed by atoms with Gasteiger partial charge in [0.05, 0.1) is 23.6 Å². The summed E-state index contributed by atoms with van der Waals surface area (Å²) in [6.45, 7) is 0.0402. The minimum atomic E-state index is -0.508. The average molecular weight is 387 g/mol. The normalized spacial score (nSPS) is 11.2. The second-order valence-electron chi connectivity index (χ2n) is 5.63. The van der Waals surface area contributed by atoms with Crippen molar-refractivity contribution in [3.63, 3.8) is 0 Å². The fraction of sp³-hybridized carbons (Fsp3) is 0.188. The van der Waals surface area contributed by atoms with E-state index in [0.29, 0.717) is 27.6 Å². The SMILES string of the molecule is COc1cc([N+](=O)[O-])ccc1OCc1nnc2n(C)c(=O)c3sccc3n12. The second kappa shape index (κ2) is 6.36. The lowest BCUT2D eigenvalue weighted by atomic mass is 10.3. The van der Waals surface area contributed by atoms with Crippen molar-refractivity contribution in [3.8, 4) is 11.5 Å². The monoisotopic (exact) mass is 387 g/mol. The van der Waals surface area contributed by atoms with Crippen LogP contribution in [0.4, 0.5) is 5.69 Å². The Kier molecular flexibility index (Phi) is 4.00. The van der Waals surface area contributed by atoms with Gasteiger partial charge in [-0.05, 0) is 17.5 Å². The third-order valence-electron chi connectivity index (χ3n) is 4.11. The molecule has 0 aliphatic heterocycles. The van der Waals surface area contributed by atoms with Gasteiger partial charge in [0, 0.05) is 13.1 Å². The van der Waals surface area contributed by atoms with Crippen molar-refractivity contribution < 1.29 is 14.4 Å². The summed E-state index contributed by atoms with van der Waals surface area (Å²) in [6.07, 6.45) is 0. The number of ether oxygens (including phenoxy) is 2. The molecular formula is C16H13N5O5S. The Morgan fingerprint density at radius 1 is 1.26 bits per heavy atom. The third-order valence-corrected chi connectivity index (χ3v) is 5.00. The van der Waals surface area contributed by atoms with E-state index >= 15 is 0 Å². The first-order chi connectivity index (χ1) is 13.0. The number of aromatic nitrogens is 4. The van der Waals surface area contributed by atoms with Crippen molar-refractivity contribution in [2.45, 2.75) is 6.61 Å². The van der Waals surface area contributed by atoms with Crippen molar-refractivity contribution in [3.05, 3.63) is 55.9 Å². The summed E-state index contributed by atoms with van der Waals surface area (Å²) in [5, 5.41) is 20.9. The molecule has 10 nitrogen and oxygen atoms in total. The van der Waals surface area contributed by atoms with Crippen molar-refractivity contribution in [1.82, 2.24) is 19.2 Å². The number of nitrogens with zero attached hydrogens (tertiary/aromatic N) is 5. The number of non-ortho nitro benzene ring substituents is 1. The van der Waals surface area contributed by atoms with Crippen LogP contribution in [-0.2, 0) is 13.7 Å². The van der Waals surface area contributed by atoms with Crippen LogP contribution in [0, 0.1) is 10.1 Å². The molecule has 11 heteroatoms. The number of benzene rings is 1. The molecule has 0 saturated heterocycles. The van der Waals surface area contributed by atoms with Gasteiger partial charge in [0.15, 0.2) is 17.3 Å². The fourth-order valence-corrected chi connectivity index (χ4v) is 3.63. The molecule has 1 aromatic carbocycles. The molecule has 4 rings (SSSR count). The van der Waals surface area contributed by atoms with Gasteiger partial charge in [-0.25, -0.2) is 0 Å². The average Bonchev–Trinajstić information content (AvgIpc) is 3.31. The van der Waals surface area contributed by atoms with Gasteiger partial charge in [-0.2, -0.15) is 0 Å². The van der Waals surface area contributed by atoms with Crippen LogP contribution >= 0.6 is 11.3 Å². The minimum absolute atomic E-state index is 0.0402. The van der Waals surface area contributed by atoms with Crippen LogP contribution in [0.1, 0.15) is 5.82 Å². The van der Waals surface area contributed by atoms with E-state index in [0.717, 1.165) is 0 Å². The molecule has 0 aliphatic rings. The van der Waals surface area contributed by atoms with Gasteiger partial charge in [-0.1, -0.05) is 0 Å². The largest absolute Gasteiger partial charge is 0.493 e.